The Morgan fingerprint density at radius 3 is 2.39 bits per heavy atom. The van der Waals surface area contributed by atoms with Crippen molar-refractivity contribution in [3.63, 3.8) is 0 Å². The van der Waals surface area contributed by atoms with Gasteiger partial charge in [0.2, 0.25) is 15.9 Å². The number of ether oxygens (including phenoxy) is 1. The van der Waals surface area contributed by atoms with Crippen molar-refractivity contribution >= 4 is 15.9 Å². The molecule has 1 aromatic rings. The highest BCUT2D eigenvalue weighted by Gasteiger charge is 2.32. The number of benzene rings is 1. The molecule has 3 rings (SSSR count). The Balaban J connectivity index is 1.40. The molecule has 2 saturated heterocycles. The summed E-state index contributed by atoms with van der Waals surface area (Å²) in [7, 11) is -3.64. The maximum atomic E-state index is 13.0. The molecule has 7 nitrogen and oxygen atoms in total. The van der Waals surface area contributed by atoms with Crippen LogP contribution in [-0.2, 0) is 19.6 Å². The molecule has 9 heteroatoms. The largest absolute Gasteiger partial charge is 0.379 e. The van der Waals surface area contributed by atoms with Crippen molar-refractivity contribution in [3.05, 3.63) is 30.1 Å². The summed E-state index contributed by atoms with van der Waals surface area (Å²) in [4.78, 5) is 14.8. The van der Waals surface area contributed by atoms with Gasteiger partial charge in [-0.2, -0.15) is 4.31 Å². The van der Waals surface area contributed by atoms with Gasteiger partial charge in [-0.05, 0) is 50.1 Å². The number of carbonyl (C=O) groups excluding carboxylic acids is 1. The van der Waals surface area contributed by atoms with E-state index in [1.807, 2.05) is 0 Å². The average molecular weight is 414 g/mol. The Labute approximate surface area is 165 Å². The van der Waals surface area contributed by atoms with E-state index in [0.29, 0.717) is 32.5 Å². The van der Waals surface area contributed by atoms with E-state index in [1.165, 1.54) is 16.4 Å². The van der Waals surface area contributed by atoms with Crippen molar-refractivity contribution in [1.82, 2.24) is 14.5 Å². The van der Waals surface area contributed by atoms with Crippen LogP contribution in [0.5, 0.6) is 0 Å². The van der Waals surface area contributed by atoms with Crippen molar-refractivity contribution in [2.75, 3.05) is 52.5 Å². The molecular formula is C19H28FN3O4S. The van der Waals surface area contributed by atoms with Crippen molar-refractivity contribution in [2.45, 2.75) is 24.2 Å². The Morgan fingerprint density at radius 1 is 1.11 bits per heavy atom. The van der Waals surface area contributed by atoms with Crippen LogP contribution in [0.3, 0.4) is 0 Å². The first-order chi connectivity index (χ1) is 13.5. The van der Waals surface area contributed by atoms with E-state index in [2.05, 4.69) is 10.2 Å². The third-order valence-corrected chi connectivity index (χ3v) is 7.24. The molecule has 0 aromatic heterocycles. The lowest BCUT2D eigenvalue weighted by Gasteiger charge is -2.30. The van der Waals surface area contributed by atoms with E-state index in [9.17, 15) is 17.6 Å². The summed E-state index contributed by atoms with van der Waals surface area (Å²) in [6, 6.07) is 4.84. The summed E-state index contributed by atoms with van der Waals surface area (Å²) in [6.07, 6.45) is 1.88. The van der Waals surface area contributed by atoms with Gasteiger partial charge in [-0.1, -0.05) is 0 Å². The van der Waals surface area contributed by atoms with Gasteiger partial charge < -0.3 is 10.1 Å². The standard InChI is InChI=1S/C19H28FN3O4S/c20-17-2-4-18(5-3-17)28(25,26)23-10-6-16(7-11-23)19(24)21-8-1-9-22-12-14-27-15-13-22/h2-5,16H,1,6-15H2,(H,21,24). The van der Waals surface area contributed by atoms with Crippen LogP contribution in [-0.4, -0.2) is 76.0 Å². The van der Waals surface area contributed by atoms with Crippen LogP contribution in [0, 0.1) is 11.7 Å². The van der Waals surface area contributed by atoms with E-state index >= 15 is 0 Å². The van der Waals surface area contributed by atoms with E-state index in [1.54, 1.807) is 0 Å². The second-order valence-electron chi connectivity index (χ2n) is 7.23. The minimum absolute atomic E-state index is 0.000748. The summed E-state index contributed by atoms with van der Waals surface area (Å²) in [5.74, 6) is -0.633. The zero-order chi connectivity index (χ0) is 20.0. The molecule has 1 amide bonds. The molecule has 2 fully saturated rings. The van der Waals surface area contributed by atoms with Crippen molar-refractivity contribution in [2.24, 2.45) is 5.92 Å². The molecule has 2 heterocycles. The number of nitrogens with zero attached hydrogens (tertiary/aromatic N) is 2. The molecule has 0 unspecified atom stereocenters. The molecule has 1 aromatic carbocycles. The SMILES string of the molecule is O=C(NCCCN1CCOCC1)C1CCN(S(=O)(=O)c2ccc(F)cc2)CC1. The number of carbonyl (C=O) groups is 1. The predicted molar refractivity (Wildman–Crippen MR) is 103 cm³/mol. The molecule has 1 N–H and O–H groups in total. The number of hydrogen-bond donors (Lipinski definition) is 1. The van der Waals surface area contributed by atoms with E-state index in [4.69, 9.17) is 4.74 Å². The molecular weight excluding hydrogens is 385 g/mol. The number of halogens is 1. The van der Waals surface area contributed by atoms with Crippen LogP contribution in [0.1, 0.15) is 19.3 Å². The van der Waals surface area contributed by atoms with Gasteiger partial charge in [0.1, 0.15) is 5.82 Å². The Hall–Kier alpha value is -1.55. The fourth-order valence-electron chi connectivity index (χ4n) is 3.60. The molecule has 2 aliphatic heterocycles. The van der Waals surface area contributed by atoms with E-state index in [-0.39, 0.29) is 16.7 Å². The molecule has 156 valence electrons. The maximum absolute atomic E-state index is 13.0. The molecule has 0 aliphatic carbocycles. The molecule has 0 spiro atoms. The number of piperidine rings is 1. The summed E-state index contributed by atoms with van der Waals surface area (Å²) in [5, 5.41) is 2.98. The average Bonchev–Trinajstić information content (AvgIpc) is 2.72. The van der Waals surface area contributed by atoms with Crippen LogP contribution >= 0.6 is 0 Å². The Kier molecular flexibility index (Phi) is 7.39. The fourth-order valence-corrected chi connectivity index (χ4v) is 5.07. The zero-order valence-corrected chi connectivity index (χ0v) is 16.8. The minimum atomic E-state index is -3.64. The van der Waals surface area contributed by atoms with Crippen LogP contribution < -0.4 is 5.32 Å². The highest BCUT2D eigenvalue weighted by Crippen LogP contribution is 2.24. The molecule has 2 aliphatic rings. The number of nitrogens with one attached hydrogen (secondary N) is 1. The number of rotatable bonds is 7. The summed E-state index contributed by atoms with van der Waals surface area (Å²) >= 11 is 0. The lowest BCUT2D eigenvalue weighted by atomic mass is 9.97. The number of amides is 1. The number of morpholine rings is 1. The smallest absolute Gasteiger partial charge is 0.243 e. The van der Waals surface area contributed by atoms with Gasteiger partial charge in [-0.25, -0.2) is 12.8 Å². The van der Waals surface area contributed by atoms with Crippen molar-refractivity contribution in [3.8, 4) is 0 Å². The van der Waals surface area contributed by atoms with Gasteiger partial charge in [-0.3, -0.25) is 9.69 Å². The molecule has 0 bridgehead atoms. The zero-order valence-electron chi connectivity index (χ0n) is 16.0. The van der Waals surface area contributed by atoms with Crippen molar-refractivity contribution in [1.29, 1.82) is 0 Å². The first-order valence-corrected chi connectivity index (χ1v) is 11.2. The highest BCUT2D eigenvalue weighted by atomic mass is 32.2. The topological polar surface area (TPSA) is 79.0 Å². The third-order valence-electron chi connectivity index (χ3n) is 5.33. The van der Waals surface area contributed by atoms with Gasteiger partial charge in [0.25, 0.3) is 0 Å². The second kappa shape index (κ2) is 9.78. The molecule has 0 atom stereocenters. The van der Waals surface area contributed by atoms with Gasteiger partial charge in [-0.15, -0.1) is 0 Å². The van der Waals surface area contributed by atoms with Crippen molar-refractivity contribution < 1.29 is 22.3 Å². The predicted octanol–water partition coefficient (Wildman–Crippen LogP) is 1.06. The number of sulfonamides is 1. The highest BCUT2D eigenvalue weighted by molar-refractivity contribution is 7.89. The summed E-state index contributed by atoms with van der Waals surface area (Å²) < 4.78 is 45.0. The lowest BCUT2D eigenvalue weighted by molar-refractivity contribution is -0.126. The molecule has 0 saturated carbocycles. The fraction of sp³-hybridized carbons (Fsp3) is 0.632. The maximum Gasteiger partial charge on any atom is 0.243 e. The third kappa shape index (κ3) is 5.50. The quantitative estimate of drug-likeness (QED) is 0.677. The van der Waals surface area contributed by atoms with Gasteiger partial charge in [0.15, 0.2) is 0 Å². The Bertz CT molecular complexity index is 743. The van der Waals surface area contributed by atoms with Crippen LogP contribution in [0.4, 0.5) is 4.39 Å². The first-order valence-electron chi connectivity index (χ1n) is 9.80. The number of hydrogen-bond acceptors (Lipinski definition) is 5. The lowest BCUT2D eigenvalue weighted by Crippen LogP contribution is -2.43. The monoisotopic (exact) mass is 413 g/mol. The van der Waals surface area contributed by atoms with Gasteiger partial charge >= 0.3 is 0 Å². The van der Waals surface area contributed by atoms with E-state index < -0.39 is 15.8 Å². The summed E-state index contributed by atoms with van der Waals surface area (Å²) in [6.45, 7) is 5.58. The molecule has 0 radical (unpaired) electrons. The minimum Gasteiger partial charge on any atom is -0.379 e. The van der Waals surface area contributed by atoms with Gasteiger partial charge in [0, 0.05) is 38.6 Å². The van der Waals surface area contributed by atoms with Crippen LogP contribution in [0.2, 0.25) is 0 Å². The summed E-state index contributed by atoms with van der Waals surface area (Å²) in [5.41, 5.74) is 0. The molecule has 28 heavy (non-hydrogen) atoms. The first kappa shape index (κ1) is 21.2. The normalized spacial score (nSPS) is 20.2. The van der Waals surface area contributed by atoms with Crippen LogP contribution in [0.15, 0.2) is 29.2 Å². The van der Waals surface area contributed by atoms with E-state index in [0.717, 1.165) is 51.4 Å². The second-order valence-corrected chi connectivity index (χ2v) is 9.17. The van der Waals surface area contributed by atoms with Crippen LogP contribution in [0.25, 0.3) is 0 Å². The van der Waals surface area contributed by atoms with Gasteiger partial charge in [0.05, 0.1) is 18.1 Å². The Morgan fingerprint density at radius 2 is 1.75 bits per heavy atom.